The Morgan fingerprint density at radius 1 is 1.24 bits per heavy atom. The number of rotatable bonds is 8. The summed E-state index contributed by atoms with van der Waals surface area (Å²) in [5.74, 6) is 3.17. The van der Waals surface area contributed by atoms with E-state index in [1.54, 1.807) is 6.20 Å². The van der Waals surface area contributed by atoms with E-state index in [9.17, 15) is 9.90 Å². The number of aliphatic hydroxyl groups excluding tert-OH is 1. The zero-order valence-corrected chi connectivity index (χ0v) is 20.2. The molecule has 1 aromatic heterocycles. The van der Waals surface area contributed by atoms with Gasteiger partial charge in [0.1, 0.15) is 17.1 Å². The number of benzene rings is 1. The normalized spacial score (nSPS) is 25.6. The van der Waals surface area contributed by atoms with Crippen LogP contribution in [0.2, 0.25) is 5.02 Å². The number of nitrogens with one attached hydrogen (secondary N) is 2. The van der Waals surface area contributed by atoms with Crippen LogP contribution in [-0.2, 0) is 6.54 Å². The van der Waals surface area contributed by atoms with Crippen molar-refractivity contribution in [1.29, 1.82) is 0 Å². The topological polar surface area (TPSA) is 99.6 Å². The maximum Gasteiger partial charge on any atom is 0.256 e. The largest absolute Gasteiger partial charge is 0.492 e. The number of aromatic nitrogens is 2. The van der Waals surface area contributed by atoms with E-state index in [4.69, 9.17) is 21.3 Å². The first-order valence-corrected chi connectivity index (χ1v) is 12.6. The van der Waals surface area contributed by atoms with E-state index in [-0.39, 0.29) is 18.1 Å². The van der Waals surface area contributed by atoms with Crippen LogP contribution >= 0.6 is 11.6 Å². The van der Waals surface area contributed by atoms with Crippen LogP contribution in [0.3, 0.4) is 0 Å². The van der Waals surface area contributed by atoms with Crippen LogP contribution in [0.4, 0.5) is 11.8 Å². The van der Waals surface area contributed by atoms with Crippen molar-refractivity contribution in [1.82, 2.24) is 15.3 Å². The number of carbonyl (C=O) groups is 1. The van der Waals surface area contributed by atoms with Crippen LogP contribution in [0.25, 0.3) is 0 Å². The van der Waals surface area contributed by atoms with Gasteiger partial charge < -0.3 is 25.4 Å². The minimum atomic E-state index is -0.263. The number of fused-ring (bicyclic) bond motifs is 1. The average Bonchev–Trinajstić information content (AvgIpc) is 3.45. The van der Waals surface area contributed by atoms with E-state index >= 15 is 0 Å². The van der Waals surface area contributed by atoms with Crippen molar-refractivity contribution in [3.8, 4) is 5.75 Å². The van der Waals surface area contributed by atoms with Gasteiger partial charge in [0, 0.05) is 31.9 Å². The van der Waals surface area contributed by atoms with Crippen molar-refractivity contribution in [3.63, 3.8) is 0 Å². The lowest BCUT2D eigenvalue weighted by Crippen LogP contribution is -2.39. The minimum Gasteiger partial charge on any atom is -0.492 e. The number of ether oxygens (including phenoxy) is 1. The average molecular weight is 486 g/mol. The fourth-order valence-electron chi connectivity index (χ4n) is 4.98. The number of hydrogen-bond acceptors (Lipinski definition) is 7. The number of anilines is 2. The summed E-state index contributed by atoms with van der Waals surface area (Å²) in [5, 5.41) is 16.8. The lowest BCUT2D eigenvalue weighted by atomic mass is 9.93. The predicted molar refractivity (Wildman–Crippen MR) is 132 cm³/mol. The molecule has 1 saturated heterocycles. The molecule has 2 aliphatic carbocycles. The van der Waals surface area contributed by atoms with E-state index in [1.165, 1.54) is 6.42 Å². The number of nitrogens with zero attached hydrogens (tertiary/aromatic N) is 3. The van der Waals surface area contributed by atoms with Gasteiger partial charge in [-0.2, -0.15) is 4.98 Å². The Hall–Kier alpha value is -2.58. The molecular formula is C25H32ClN5O3. The first kappa shape index (κ1) is 23.2. The summed E-state index contributed by atoms with van der Waals surface area (Å²) >= 11 is 6.35. The van der Waals surface area contributed by atoms with Crippen molar-refractivity contribution in [2.24, 2.45) is 11.8 Å². The molecule has 182 valence electrons. The van der Waals surface area contributed by atoms with Gasteiger partial charge in [0.2, 0.25) is 5.95 Å². The van der Waals surface area contributed by atoms with Gasteiger partial charge in [-0.1, -0.05) is 17.7 Å². The Bertz CT molecular complexity index is 1030. The number of amides is 1. The zero-order valence-electron chi connectivity index (χ0n) is 19.5. The summed E-state index contributed by atoms with van der Waals surface area (Å²) in [6.07, 6.45) is 5.64. The van der Waals surface area contributed by atoms with Crippen LogP contribution in [0.1, 0.15) is 54.9 Å². The van der Waals surface area contributed by atoms with E-state index in [0.29, 0.717) is 54.1 Å². The zero-order chi connectivity index (χ0) is 23.7. The van der Waals surface area contributed by atoms with Crippen LogP contribution < -0.4 is 20.3 Å². The van der Waals surface area contributed by atoms with Crippen molar-refractivity contribution in [2.75, 3.05) is 29.9 Å². The number of piperidine rings is 1. The highest BCUT2D eigenvalue weighted by molar-refractivity contribution is 6.32. The van der Waals surface area contributed by atoms with E-state index in [0.717, 1.165) is 43.3 Å². The molecule has 0 radical (unpaired) electrons. The summed E-state index contributed by atoms with van der Waals surface area (Å²) in [5.41, 5.74) is 1.39. The van der Waals surface area contributed by atoms with Gasteiger partial charge in [0.15, 0.2) is 0 Å². The third-order valence-corrected chi connectivity index (χ3v) is 7.37. The molecule has 0 bridgehead atoms. The summed E-state index contributed by atoms with van der Waals surface area (Å²) in [6, 6.07) is 5.73. The number of carbonyl (C=O) groups excluding carboxylic acids is 1. The SMILES string of the molecule is CCOc1ccc(CNc2nc(N3CC4CC4C3)ncc2C(=O)N[C@H]2CC[C@H](O)CC2)cc1Cl. The molecule has 2 unspecified atom stereocenters. The number of aliphatic hydroxyl groups is 1. The Morgan fingerprint density at radius 2 is 2.00 bits per heavy atom. The number of hydrogen-bond donors (Lipinski definition) is 3. The lowest BCUT2D eigenvalue weighted by Gasteiger charge is -2.26. The monoisotopic (exact) mass is 485 g/mol. The Kier molecular flexibility index (Phi) is 6.79. The van der Waals surface area contributed by atoms with Crippen molar-refractivity contribution in [3.05, 3.63) is 40.5 Å². The molecule has 3 aliphatic rings. The van der Waals surface area contributed by atoms with Gasteiger partial charge in [-0.05, 0) is 68.6 Å². The van der Waals surface area contributed by atoms with E-state index in [1.807, 2.05) is 25.1 Å². The summed E-state index contributed by atoms with van der Waals surface area (Å²) < 4.78 is 5.52. The Labute approximate surface area is 205 Å². The third-order valence-electron chi connectivity index (χ3n) is 7.07. The van der Waals surface area contributed by atoms with Gasteiger partial charge in [-0.25, -0.2) is 4.98 Å². The highest BCUT2D eigenvalue weighted by atomic mass is 35.5. The second-order valence-corrected chi connectivity index (χ2v) is 10.0. The molecule has 1 aromatic carbocycles. The molecule has 1 aliphatic heterocycles. The molecule has 1 amide bonds. The summed E-state index contributed by atoms with van der Waals surface area (Å²) in [6.45, 7) is 4.90. The Morgan fingerprint density at radius 3 is 2.71 bits per heavy atom. The molecule has 2 atom stereocenters. The second kappa shape index (κ2) is 9.96. The molecule has 3 fully saturated rings. The maximum absolute atomic E-state index is 13.1. The number of halogens is 1. The van der Waals surface area contributed by atoms with Gasteiger partial charge in [-0.3, -0.25) is 4.79 Å². The van der Waals surface area contributed by atoms with Crippen molar-refractivity contribution >= 4 is 29.3 Å². The second-order valence-electron chi connectivity index (χ2n) is 9.62. The van der Waals surface area contributed by atoms with Crippen LogP contribution in [0.15, 0.2) is 24.4 Å². The molecule has 8 nitrogen and oxygen atoms in total. The molecular weight excluding hydrogens is 454 g/mol. The summed E-state index contributed by atoms with van der Waals surface area (Å²) in [7, 11) is 0. The molecule has 2 heterocycles. The molecule has 0 spiro atoms. The van der Waals surface area contributed by atoms with Crippen molar-refractivity contribution in [2.45, 2.75) is 57.7 Å². The van der Waals surface area contributed by atoms with E-state index in [2.05, 4.69) is 20.5 Å². The highest BCUT2D eigenvalue weighted by Gasteiger charge is 2.46. The quantitative estimate of drug-likeness (QED) is 0.525. The van der Waals surface area contributed by atoms with Gasteiger partial charge in [0.05, 0.1) is 17.7 Å². The maximum atomic E-state index is 13.1. The Balaban J connectivity index is 1.33. The molecule has 2 aromatic rings. The van der Waals surface area contributed by atoms with Gasteiger partial charge >= 0.3 is 0 Å². The molecule has 2 saturated carbocycles. The van der Waals surface area contributed by atoms with Crippen LogP contribution in [-0.4, -0.2) is 52.8 Å². The molecule has 3 N–H and O–H groups in total. The lowest BCUT2D eigenvalue weighted by molar-refractivity contribution is 0.0867. The minimum absolute atomic E-state index is 0.0547. The fraction of sp³-hybridized carbons (Fsp3) is 0.560. The first-order valence-electron chi connectivity index (χ1n) is 12.3. The highest BCUT2D eigenvalue weighted by Crippen LogP contribution is 2.45. The molecule has 34 heavy (non-hydrogen) atoms. The van der Waals surface area contributed by atoms with Crippen LogP contribution in [0.5, 0.6) is 5.75 Å². The fourth-order valence-corrected chi connectivity index (χ4v) is 5.24. The van der Waals surface area contributed by atoms with Crippen molar-refractivity contribution < 1.29 is 14.6 Å². The smallest absolute Gasteiger partial charge is 0.256 e. The van der Waals surface area contributed by atoms with Gasteiger partial charge in [-0.15, -0.1) is 0 Å². The summed E-state index contributed by atoms with van der Waals surface area (Å²) in [4.78, 5) is 24.7. The standard InChI is InChI=1S/C25H32ClN5O3/c1-2-34-22-8-3-15(9-21(22)26)11-27-23-20(24(33)29-18-4-6-19(32)7-5-18)12-28-25(30-23)31-13-16-10-17(16)14-31/h3,8-9,12,16-19,32H,2,4-7,10-11,13-14H2,1H3,(H,29,33)(H,27,28,30)/t16?,17?,18-,19-. The molecule has 9 heteroatoms. The van der Waals surface area contributed by atoms with Crippen LogP contribution in [0, 0.1) is 11.8 Å². The van der Waals surface area contributed by atoms with E-state index < -0.39 is 0 Å². The predicted octanol–water partition coefficient (Wildman–Crippen LogP) is 3.63. The van der Waals surface area contributed by atoms with Gasteiger partial charge in [0.25, 0.3) is 5.91 Å². The molecule has 5 rings (SSSR count). The first-order chi connectivity index (χ1) is 16.5. The third kappa shape index (κ3) is 5.23.